The van der Waals surface area contributed by atoms with E-state index in [1.807, 2.05) is 43.3 Å². The number of aromatic nitrogens is 3. The van der Waals surface area contributed by atoms with Crippen LogP contribution in [0.5, 0.6) is 0 Å². The number of pyridine rings is 1. The van der Waals surface area contributed by atoms with Gasteiger partial charge in [0.25, 0.3) is 0 Å². The zero-order valence-corrected chi connectivity index (χ0v) is 14.2. The fourth-order valence-corrected chi connectivity index (χ4v) is 3.11. The van der Waals surface area contributed by atoms with Crippen LogP contribution in [-0.2, 0) is 4.79 Å². The van der Waals surface area contributed by atoms with Crippen molar-refractivity contribution in [3.05, 3.63) is 48.5 Å². The summed E-state index contributed by atoms with van der Waals surface area (Å²) in [5, 5.41) is 0. The van der Waals surface area contributed by atoms with Gasteiger partial charge in [0, 0.05) is 50.8 Å². The maximum absolute atomic E-state index is 12.8. The second-order valence-electron chi connectivity index (χ2n) is 6.22. The van der Waals surface area contributed by atoms with Gasteiger partial charge in [0.1, 0.15) is 0 Å². The van der Waals surface area contributed by atoms with Crippen molar-refractivity contribution < 1.29 is 4.79 Å². The van der Waals surface area contributed by atoms with Crippen LogP contribution < -0.4 is 4.90 Å². The third-order valence-corrected chi connectivity index (χ3v) is 4.77. The number of anilines is 1. The third-order valence-electron chi connectivity index (χ3n) is 4.77. The zero-order valence-electron chi connectivity index (χ0n) is 14.2. The fraction of sp³-hybridized carbons (Fsp3) is 0.444. The molecule has 1 fully saturated rings. The second-order valence-corrected chi connectivity index (χ2v) is 6.22. The van der Waals surface area contributed by atoms with Crippen LogP contribution in [0.2, 0.25) is 0 Å². The molecule has 0 aromatic carbocycles. The average molecular weight is 325 g/mol. The van der Waals surface area contributed by atoms with Gasteiger partial charge in [-0.3, -0.25) is 9.78 Å². The van der Waals surface area contributed by atoms with Crippen molar-refractivity contribution in [1.82, 2.24) is 19.9 Å². The van der Waals surface area contributed by atoms with Crippen LogP contribution in [0.1, 0.15) is 31.4 Å². The van der Waals surface area contributed by atoms with Gasteiger partial charge in [-0.2, -0.15) is 0 Å². The fourth-order valence-electron chi connectivity index (χ4n) is 3.11. The van der Waals surface area contributed by atoms with E-state index in [4.69, 9.17) is 0 Å². The third kappa shape index (κ3) is 3.53. The molecule has 1 amide bonds. The quantitative estimate of drug-likeness (QED) is 0.863. The van der Waals surface area contributed by atoms with Crippen molar-refractivity contribution in [2.24, 2.45) is 5.92 Å². The molecule has 3 rings (SSSR count). The van der Waals surface area contributed by atoms with Crippen LogP contribution in [0.4, 0.5) is 5.95 Å². The minimum Gasteiger partial charge on any atom is -0.341 e. The molecule has 126 valence electrons. The summed E-state index contributed by atoms with van der Waals surface area (Å²) in [7, 11) is 1.88. The minimum absolute atomic E-state index is 0.0293. The van der Waals surface area contributed by atoms with Gasteiger partial charge in [-0.1, -0.05) is 6.07 Å². The first kappa shape index (κ1) is 16.4. The van der Waals surface area contributed by atoms with Crippen molar-refractivity contribution in [2.75, 3.05) is 25.0 Å². The van der Waals surface area contributed by atoms with E-state index >= 15 is 0 Å². The molecule has 0 spiro atoms. The Labute approximate surface area is 142 Å². The smallest absolute Gasteiger partial charge is 0.226 e. The Morgan fingerprint density at radius 3 is 2.54 bits per heavy atom. The van der Waals surface area contributed by atoms with Crippen LogP contribution in [0.25, 0.3) is 0 Å². The van der Waals surface area contributed by atoms with Crippen LogP contribution in [-0.4, -0.2) is 45.9 Å². The summed E-state index contributed by atoms with van der Waals surface area (Å²) in [5.41, 5.74) is 1.06. The molecule has 3 heterocycles. The Kier molecular flexibility index (Phi) is 5.03. The topological polar surface area (TPSA) is 62.2 Å². The van der Waals surface area contributed by atoms with Crippen LogP contribution in [0.3, 0.4) is 0 Å². The molecule has 1 aliphatic heterocycles. The lowest BCUT2D eigenvalue weighted by Crippen LogP contribution is -2.42. The van der Waals surface area contributed by atoms with E-state index in [2.05, 4.69) is 19.9 Å². The monoisotopic (exact) mass is 325 g/mol. The standard InChI is InChI=1S/C18H23N5O/c1-14(16-5-3-8-19-13-16)22(2)17(24)15-6-11-23(12-7-15)18-20-9-4-10-21-18/h3-5,8-10,13-15H,6-7,11-12H2,1-2H3. The summed E-state index contributed by atoms with van der Waals surface area (Å²) in [6.45, 7) is 3.67. The molecular weight excluding hydrogens is 302 g/mol. The van der Waals surface area contributed by atoms with Crippen molar-refractivity contribution in [3.8, 4) is 0 Å². The van der Waals surface area contributed by atoms with Gasteiger partial charge in [-0.05, 0) is 37.5 Å². The summed E-state index contributed by atoms with van der Waals surface area (Å²) in [6, 6.07) is 5.76. The highest BCUT2D eigenvalue weighted by Crippen LogP contribution is 2.25. The van der Waals surface area contributed by atoms with Gasteiger partial charge in [0.15, 0.2) is 0 Å². The number of nitrogens with zero attached hydrogens (tertiary/aromatic N) is 5. The predicted octanol–water partition coefficient (Wildman–Crippen LogP) is 2.31. The maximum Gasteiger partial charge on any atom is 0.226 e. The highest BCUT2D eigenvalue weighted by atomic mass is 16.2. The van der Waals surface area contributed by atoms with Crippen molar-refractivity contribution in [2.45, 2.75) is 25.8 Å². The molecule has 24 heavy (non-hydrogen) atoms. The van der Waals surface area contributed by atoms with E-state index in [0.717, 1.165) is 37.4 Å². The van der Waals surface area contributed by atoms with Gasteiger partial charge in [-0.15, -0.1) is 0 Å². The molecule has 6 nitrogen and oxygen atoms in total. The average Bonchev–Trinajstić information content (AvgIpc) is 2.68. The molecule has 2 aromatic rings. The SMILES string of the molecule is CC(c1cccnc1)N(C)C(=O)C1CCN(c2ncccn2)CC1. The Balaban J connectivity index is 1.59. The van der Waals surface area contributed by atoms with E-state index < -0.39 is 0 Å². The van der Waals surface area contributed by atoms with E-state index in [0.29, 0.717) is 0 Å². The minimum atomic E-state index is 0.0293. The summed E-state index contributed by atoms with van der Waals surface area (Å²) in [4.78, 5) is 29.5. The molecule has 0 N–H and O–H groups in total. The van der Waals surface area contributed by atoms with Crippen molar-refractivity contribution in [1.29, 1.82) is 0 Å². The Bertz CT molecular complexity index is 656. The van der Waals surface area contributed by atoms with Gasteiger partial charge in [0.2, 0.25) is 11.9 Å². The molecule has 1 unspecified atom stereocenters. The van der Waals surface area contributed by atoms with Crippen LogP contribution >= 0.6 is 0 Å². The maximum atomic E-state index is 12.8. The Hall–Kier alpha value is -2.50. The lowest BCUT2D eigenvalue weighted by Gasteiger charge is -2.35. The Morgan fingerprint density at radius 1 is 1.21 bits per heavy atom. The number of rotatable bonds is 4. The molecule has 0 radical (unpaired) electrons. The normalized spacial score (nSPS) is 16.7. The van der Waals surface area contributed by atoms with Crippen molar-refractivity contribution >= 4 is 11.9 Å². The lowest BCUT2D eigenvalue weighted by atomic mass is 9.94. The van der Waals surface area contributed by atoms with E-state index in [9.17, 15) is 4.79 Å². The Morgan fingerprint density at radius 2 is 1.92 bits per heavy atom. The molecule has 0 aliphatic carbocycles. The van der Waals surface area contributed by atoms with Crippen LogP contribution in [0, 0.1) is 5.92 Å². The van der Waals surface area contributed by atoms with Gasteiger partial charge < -0.3 is 9.80 Å². The molecule has 2 aromatic heterocycles. The number of amides is 1. The zero-order chi connectivity index (χ0) is 16.9. The van der Waals surface area contributed by atoms with E-state index in [-0.39, 0.29) is 17.9 Å². The lowest BCUT2D eigenvalue weighted by molar-refractivity contribution is -0.136. The highest BCUT2D eigenvalue weighted by molar-refractivity contribution is 5.79. The predicted molar refractivity (Wildman–Crippen MR) is 92.4 cm³/mol. The molecule has 6 heteroatoms. The number of carbonyl (C=O) groups is 1. The first-order valence-corrected chi connectivity index (χ1v) is 8.35. The molecule has 1 saturated heterocycles. The van der Waals surface area contributed by atoms with Gasteiger partial charge in [0.05, 0.1) is 6.04 Å². The second kappa shape index (κ2) is 7.38. The summed E-state index contributed by atoms with van der Waals surface area (Å²) in [6.07, 6.45) is 8.75. The van der Waals surface area contributed by atoms with Crippen molar-refractivity contribution in [3.63, 3.8) is 0 Å². The molecule has 1 atom stereocenters. The number of hydrogen-bond donors (Lipinski definition) is 0. The van der Waals surface area contributed by atoms with Crippen LogP contribution in [0.15, 0.2) is 43.0 Å². The highest BCUT2D eigenvalue weighted by Gasteiger charge is 2.30. The number of hydrogen-bond acceptors (Lipinski definition) is 5. The summed E-state index contributed by atoms with van der Waals surface area (Å²) < 4.78 is 0. The van der Waals surface area contributed by atoms with E-state index in [1.165, 1.54) is 0 Å². The molecular formula is C18H23N5O. The molecule has 0 saturated carbocycles. The first-order valence-electron chi connectivity index (χ1n) is 8.35. The largest absolute Gasteiger partial charge is 0.341 e. The molecule has 1 aliphatic rings. The number of carbonyl (C=O) groups excluding carboxylic acids is 1. The number of piperidine rings is 1. The summed E-state index contributed by atoms with van der Waals surface area (Å²) >= 11 is 0. The van der Waals surface area contributed by atoms with E-state index in [1.54, 1.807) is 18.6 Å². The summed E-state index contributed by atoms with van der Waals surface area (Å²) in [5.74, 6) is 1.02. The first-order chi connectivity index (χ1) is 11.7. The molecule has 0 bridgehead atoms. The van der Waals surface area contributed by atoms with Gasteiger partial charge >= 0.3 is 0 Å². The van der Waals surface area contributed by atoms with Gasteiger partial charge in [-0.25, -0.2) is 9.97 Å².